The maximum Gasteiger partial charge on any atom is 0.265 e. The highest BCUT2D eigenvalue weighted by Crippen LogP contribution is 2.20. The number of aromatic nitrogens is 4. The van der Waals surface area contributed by atoms with Crippen LogP contribution >= 0.6 is 0 Å². The molecule has 0 saturated carbocycles. The van der Waals surface area contributed by atoms with E-state index in [1.807, 2.05) is 24.9 Å². The molecular weight excluding hydrogens is 375 g/mol. The third kappa shape index (κ3) is 4.28. The molecule has 1 aliphatic heterocycles. The van der Waals surface area contributed by atoms with Crippen LogP contribution in [0.3, 0.4) is 0 Å². The zero-order valence-corrected chi connectivity index (χ0v) is 16.5. The number of nitrogens with zero attached hydrogens (tertiary/aromatic N) is 6. The van der Waals surface area contributed by atoms with E-state index in [-0.39, 0.29) is 11.7 Å². The van der Waals surface area contributed by atoms with Gasteiger partial charge < -0.3 is 14.2 Å². The fraction of sp³-hybridized carbons (Fsp3) is 0.400. The summed E-state index contributed by atoms with van der Waals surface area (Å²) in [4.78, 5) is 16.6. The number of piperazine rings is 1. The number of carbonyl (C=O) groups excluding carboxylic acids is 1. The number of anilines is 1. The van der Waals surface area contributed by atoms with Crippen LogP contribution in [0.5, 0.6) is 0 Å². The van der Waals surface area contributed by atoms with Gasteiger partial charge in [-0.05, 0) is 37.3 Å². The molecule has 0 spiro atoms. The zero-order valence-electron chi connectivity index (χ0n) is 16.5. The summed E-state index contributed by atoms with van der Waals surface area (Å²) >= 11 is 0. The zero-order chi connectivity index (χ0) is 20.4. The van der Waals surface area contributed by atoms with E-state index in [4.69, 9.17) is 4.42 Å². The molecule has 0 aliphatic carbocycles. The van der Waals surface area contributed by atoms with Crippen molar-refractivity contribution < 1.29 is 13.6 Å². The van der Waals surface area contributed by atoms with Gasteiger partial charge in [-0.2, -0.15) is 5.10 Å². The summed E-state index contributed by atoms with van der Waals surface area (Å²) in [6.45, 7) is 4.62. The van der Waals surface area contributed by atoms with Crippen LogP contribution in [0.2, 0.25) is 0 Å². The largest absolute Gasteiger partial charge is 0.419 e. The fourth-order valence-corrected chi connectivity index (χ4v) is 3.51. The number of carbonyl (C=O) groups is 1. The van der Waals surface area contributed by atoms with Gasteiger partial charge >= 0.3 is 0 Å². The molecule has 29 heavy (non-hydrogen) atoms. The molecule has 1 aromatic carbocycles. The van der Waals surface area contributed by atoms with Crippen LogP contribution in [0.1, 0.15) is 18.0 Å². The first-order valence-corrected chi connectivity index (χ1v) is 9.61. The average molecular weight is 398 g/mol. The molecule has 1 aliphatic rings. The van der Waals surface area contributed by atoms with Gasteiger partial charge in [-0.25, -0.2) is 4.39 Å². The van der Waals surface area contributed by atoms with E-state index in [0.29, 0.717) is 37.7 Å². The van der Waals surface area contributed by atoms with E-state index in [2.05, 4.69) is 20.2 Å². The van der Waals surface area contributed by atoms with E-state index >= 15 is 0 Å². The first-order chi connectivity index (χ1) is 14.0. The Bertz CT molecular complexity index is 989. The molecule has 152 valence electrons. The Kier molecular flexibility index (Phi) is 5.28. The molecule has 3 aromatic rings. The van der Waals surface area contributed by atoms with Crippen molar-refractivity contribution in [3.8, 4) is 11.6 Å². The summed E-state index contributed by atoms with van der Waals surface area (Å²) in [7, 11) is 1.82. The summed E-state index contributed by atoms with van der Waals surface area (Å²) in [6.07, 6.45) is 0.726. The van der Waals surface area contributed by atoms with E-state index in [1.165, 1.54) is 12.1 Å². The minimum atomic E-state index is -0.245. The second-order valence-corrected chi connectivity index (χ2v) is 7.14. The number of hydrogen-bond donors (Lipinski definition) is 0. The van der Waals surface area contributed by atoms with Gasteiger partial charge in [-0.1, -0.05) is 0 Å². The standard InChI is InChI=1S/C20H23FN6O2/c1-14-13-17(25(2)24-14)20-23-22-18(29-20)7-8-19(28)27-11-9-26(10-12-27)16-5-3-15(21)4-6-16/h3-6,13H,7-12H2,1-2H3. The monoisotopic (exact) mass is 398 g/mol. The number of hydrogen-bond acceptors (Lipinski definition) is 6. The molecule has 1 amide bonds. The van der Waals surface area contributed by atoms with Gasteiger partial charge in [-0.15, -0.1) is 10.2 Å². The lowest BCUT2D eigenvalue weighted by Gasteiger charge is -2.36. The van der Waals surface area contributed by atoms with Gasteiger partial charge in [0.1, 0.15) is 11.5 Å². The van der Waals surface area contributed by atoms with Crippen LogP contribution in [0.25, 0.3) is 11.6 Å². The van der Waals surface area contributed by atoms with Gasteiger partial charge in [0.15, 0.2) is 0 Å². The molecule has 0 N–H and O–H groups in total. The van der Waals surface area contributed by atoms with Crippen LogP contribution in [0.15, 0.2) is 34.7 Å². The van der Waals surface area contributed by atoms with Crippen molar-refractivity contribution in [2.75, 3.05) is 31.1 Å². The van der Waals surface area contributed by atoms with Crippen molar-refractivity contribution in [1.29, 1.82) is 0 Å². The number of benzene rings is 1. The molecule has 3 heterocycles. The highest BCUT2D eigenvalue weighted by molar-refractivity contribution is 5.76. The smallest absolute Gasteiger partial charge is 0.265 e. The lowest BCUT2D eigenvalue weighted by Crippen LogP contribution is -2.48. The first-order valence-electron chi connectivity index (χ1n) is 9.61. The van der Waals surface area contributed by atoms with Gasteiger partial charge in [-0.3, -0.25) is 9.48 Å². The van der Waals surface area contributed by atoms with Gasteiger partial charge in [0.2, 0.25) is 11.8 Å². The minimum Gasteiger partial charge on any atom is -0.419 e. The SMILES string of the molecule is Cc1cc(-c2nnc(CCC(=O)N3CCN(c4ccc(F)cc4)CC3)o2)n(C)n1. The molecule has 0 radical (unpaired) electrons. The predicted octanol–water partition coefficient (Wildman–Crippen LogP) is 2.20. The first kappa shape index (κ1) is 19.1. The Balaban J connectivity index is 1.28. The van der Waals surface area contributed by atoms with Gasteiger partial charge in [0.05, 0.1) is 5.69 Å². The summed E-state index contributed by atoms with van der Waals surface area (Å²) in [5, 5.41) is 12.4. The van der Waals surface area contributed by atoms with Crippen molar-refractivity contribution in [2.45, 2.75) is 19.8 Å². The van der Waals surface area contributed by atoms with Crippen LogP contribution < -0.4 is 4.90 Å². The molecule has 1 saturated heterocycles. The number of halogens is 1. The summed E-state index contributed by atoms with van der Waals surface area (Å²) in [5.74, 6) is 0.672. The Morgan fingerprint density at radius 2 is 1.86 bits per heavy atom. The highest BCUT2D eigenvalue weighted by Gasteiger charge is 2.22. The summed E-state index contributed by atoms with van der Waals surface area (Å²) < 4.78 is 20.5. The topological polar surface area (TPSA) is 80.3 Å². The van der Waals surface area contributed by atoms with Crippen molar-refractivity contribution in [3.05, 3.63) is 47.7 Å². The van der Waals surface area contributed by atoms with E-state index < -0.39 is 0 Å². The third-order valence-electron chi connectivity index (χ3n) is 5.06. The highest BCUT2D eigenvalue weighted by atomic mass is 19.1. The Morgan fingerprint density at radius 1 is 1.14 bits per heavy atom. The molecular formula is C20H23FN6O2. The molecule has 0 bridgehead atoms. The van der Waals surface area contributed by atoms with E-state index in [1.54, 1.807) is 16.8 Å². The maximum absolute atomic E-state index is 13.1. The quantitative estimate of drug-likeness (QED) is 0.656. The molecule has 4 rings (SSSR count). The Morgan fingerprint density at radius 3 is 2.52 bits per heavy atom. The van der Waals surface area contributed by atoms with Crippen LogP contribution in [-0.4, -0.2) is 57.0 Å². The maximum atomic E-state index is 13.1. The predicted molar refractivity (Wildman–Crippen MR) is 105 cm³/mol. The summed E-state index contributed by atoms with van der Waals surface area (Å²) in [6, 6.07) is 8.33. The fourth-order valence-electron chi connectivity index (χ4n) is 3.51. The van der Waals surface area contributed by atoms with Crippen LogP contribution in [0, 0.1) is 12.7 Å². The Labute approximate surface area is 167 Å². The van der Waals surface area contributed by atoms with Crippen molar-refractivity contribution in [1.82, 2.24) is 24.9 Å². The van der Waals surface area contributed by atoms with Gasteiger partial charge in [0.25, 0.3) is 5.89 Å². The van der Waals surface area contributed by atoms with Gasteiger partial charge in [0, 0.05) is 51.8 Å². The van der Waals surface area contributed by atoms with Crippen LogP contribution in [0.4, 0.5) is 10.1 Å². The second kappa shape index (κ2) is 8.02. The lowest BCUT2D eigenvalue weighted by atomic mass is 10.2. The molecule has 8 nitrogen and oxygen atoms in total. The lowest BCUT2D eigenvalue weighted by molar-refractivity contribution is -0.131. The molecule has 2 aromatic heterocycles. The minimum absolute atomic E-state index is 0.0693. The van der Waals surface area contributed by atoms with E-state index in [0.717, 1.165) is 30.2 Å². The van der Waals surface area contributed by atoms with E-state index in [9.17, 15) is 9.18 Å². The van der Waals surface area contributed by atoms with Crippen molar-refractivity contribution in [2.24, 2.45) is 7.05 Å². The third-order valence-corrected chi connectivity index (χ3v) is 5.06. The molecule has 9 heteroatoms. The number of rotatable bonds is 5. The second-order valence-electron chi connectivity index (χ2n) is 7.14. The number of aryl methyl sites for hydroxylation is 3. The van der Waals surface area contributed by atoms with Crippen molar-refractivity contribution in [3.63, 3.8) is 0 Å². The molecule has 0 unspecified atom stereocenters. The molecule has 1 fully saturated rings. The summed E-state index contributed by atoms with van der Waals surface area (Å²) in [5.41, 5.74) is 2.60. The number of amides is 1. The normalized spacial score (nSPS) is 14.4. The molecule has 0 atom stereocenters. The average Bonchev–Trinajstić information content (AvgIpc) is 3.32. The van der Waals surface area contributed by atoms with Crippen LogP contribution in [-0.2, 0) is 18.3 Å². The Hall–Kier alpha value is -3.23. The van der Waals surface area contributed by atoms with Crippen molar-refractivity contribution >= 4 is 11.6 Å².